The third-order valence-corrected chi connectivity index (χ3v) is 1.79. The first-order valence-corrected chi connectivity index (χ1v) is 4.77. The molecule has 0 saturated heterocycles. The fraction of sp³-hybridized carbons (Fsp3) is 0.700. The molecule has 2 N–H and O–H groups in total. The second kappa shape index (κ2) is 9.26. The minimum atomic E-state index is -0.875. The molecule has 0 bridgehead atoms. The molecule has 0 atom stereocenters. The van der Waals surface area contributed by atoms with Crippen molar-refractivity contribution >= 4 is 5.97 Å². The molecular weight excluding hydrogens is 168 g/mol. The molecule has 0 aliphatic rings. The highest BCUT2D eigenvalue weighted by molar-refractivity contribution is 5.79. The third kappa shape index (κ3) is 11.2. The molecule has 0 radical (unpaired) electrons. The Hall–Kier alpha value is -0.830. The van der Waals surface area contributed by atoms with Crippen molar-refractivity contribution in [2.45, 2.75) is 38.5 Å². The maximum atomic E-state index is 10.1. The van der Waals surface area contributed by atoms with E-state index >= 15 is 0 Å². The van der Waals surface area contributed by atoms with E-state index in [-0.39, 0.29) is 6.61 Å². The van der Waals surface area contributed by atoms with Crippen molar-refractivity contribution in [2.24, 2.45) is 0 Å². The lowest BCUT2D eigenvalue weighted by molar-refractivity contribution is -0.131. The molecule has 0 heterocycles. The number of hydrogen-bond donors (Lipinski definition) is 2. The van der Waals surface area contributed by atoms with Gasteiger partial charge in [-0.15, -0.1) is 0 Å². The summed E-state index contributed by atoms with van der Waals surface area (Å²) < 4.78 is 0. The molecule has 0 aromatic heterocycles. The van der Waals surface area contributed by atoms with Gasteiger partial charge in [-0.25, -0.2) is 4.79 Å². The number of carboxylic acid groups (broad SMARTS) is 1. The van der Waals surface area contributed by atoms with Crippen LogP contribution in [0.1, 0.15) is 38.5 Å². The van der Waals surface area contributed by atoms with Crippen LogP contribution in [-0.4, -0.2) is 22.8 Å². The van der Waals surface area contributed by atoms with Gasteiger partial charge in [-0.2, -0.15) is 0 Å². The van der Waals surface area contributed by atoms with Crippen molar-refractivity contribution in [3.8, 4) is 0 Å². The lowest BCUT2D eigenvalue weighted by Gasteiger charge is -1.96. The number of aliphatic hydroxyl groups is 1. The van der Waals surface area contributed by atoms with Gasteiger partial charge in [0.25, 0.3) is 0 Å². The molecule has 13 heavy (non-hydrogen) atoms. The molecule has 0 rings (SSSR count). The Labute approximate surface area is 79.1 Å². The lowest BCUT2D eigenvalue weighted by Crippen LogP contribution is -1.86. The van der Waals surface area contributed by atoms with Crippen LogP contribution in [0.2, 0.25) is 0 Å². The van der Waals surface area contributed by atoms with E-state index in [1.54, 1.807) is 6.08 Å². The topological polar surface area (TPSA) is 57.5 Å². The SMILES string of the molecule is O=C(O)/C=C\CCCCCCCO. The van der Waals surface area contributed by atoms with Gasteiger partial charge >= 0.3 is 5.97 Å². The minimum absolute atomic E-state index is 0.277. The van der Waals surface area contributed by atoms with Gasteiger partial charge in [0.1, 0.15) is 0 Å². The van der Waals surface area contributed by atoms with E-state index in [0.717, 1.165) is 38.5 Å². The molecular formula is C10H18O3. The monoisotopic (exact) mass is 186 g/mol. The summed E-state index contributed by atoms with van der Waals surface area (Å²) in [6.07, 6.45) is 8.94. The predicted molar refractivity (Wildman–Crippen MR) is 51.6 cm³/mol. The summed E-state index contributed by atoms with van der Waals surface area (Å²) in [4.78, 5) is 10.1. The first-order chi connectivity index (χ1) is 6.27. The normalized spacial score (nSPS) is 10.8. The zero-order chi connectivity index (χ0) is 9.94. The Morgan fingerprint density at radius 2 is 1.69 bits per heavy atom. The second-order valence-corrected chi connectivity index (χ2v) is 3.02. The van der Waals surface area contributed by atoms with E-state index in [2.05, 4.69) is 0 Å². The molecule has 0 spiro atoms. The number of carbonyl (C=O) groups is 1. The summed E-state index contributed by atoms with van der Waals surface area (Å²) >= 11 is 0. The number of allylic oxidation sites excluding steroid dienone is 1. The Bertz CT molecular complexity index is 152. The largest absolute Gasteiger partial charge is 0.478 e. The number of rotatable bonds is 8. The highest BCUT2D eigenvalue weighted by Crippen LogP contribution is 2.05. The van der Waals surface area contributed by atoms with Crippen LogP contribution in [-0.2, 0) is 4.79 Å². The average molecular weight is 186 g/mol. The highest BCUT2D eigenvalue weighted by Gasteiger charge is 1.89. The van der Waals surface area contributed by atoms with Gasteiger partial charge < -0.3 is 10.2 Å². The van der Waals surface area contributed by atoms with Crippen molar-refractivity contribution < 1.29 is 15.0 Å². The zero-order valence-electron chi connectivity index (χ0n) is 7.91. The van der Waals surface area contributed by atoms with Gasteiger partial charge in [-0.1, -0.05) is 25.3 Å². The molecule has 0 amide bonds. The predicted octanol–water partition coefficient (Wildman–Crippen LogP) is 1.96. The fourth-order valence-electron chi connectivity index (χ4n) is 1.09. The first kappa shape index (κ1) is 12.2. The molecule has 3 heteroatoms. The fourth-order valence-corrected chi connectivity index (χ4v) is 1.09. The van der Waals surface area contributed by atoms with Gasteiger partial charge in [0, 0.05) is 12.7 Å². The van der Waals surface area contributed by atoms with Crippen LogP contribution < -0.4 is 0 Å². The Morgan fingerprint density at radius 1 is 1.08 bits per heavy atom. The summed E-state index contributed by atoms with van der Waals surface area (Å²) in [6.45, 7) is 0.277. The van der Waals surface area contributed by atoms with Crippen molar-refractivity contribution in [1.29, 1.82) is 0 Å². The number of aliphatic carboxylic acids is 1. The molecule has 0 aliphatic carbocycles. The molecule has 76 valence electrons. The van der Waals surface area contributed by atoms with E-state index in [4.69, 9.17) is 10.2 Å². The summed E-state index contributed by atoms with van der Waals surface area (Å²) in [7, 11) is 0. The molecule has 0 saturated carbocycles. The first-order valence-electron chi connectivity index (χ1n) is 4.77. The quantitative estimate of drug-likeness (QED) is 0.450. The molecule has 0 aromatic carbocycles. The third-order valence-electron chi connectivity index (χ3n) is 1.79. The van der Waals surface area contributed by atoms with Crippen molar-refractivity contribution in [1.82, 2.24) is 0 Å². The number of carboxylic acids is 1. The van der Waals surface area contributed by atoms with Crippen LogP contribution in [0, 0.1) is 0 Å². The second-order valence-electron chi connectivity index (χ2n) is 3.02. The number of aliphatic hydroxyl groups excluding tert-OH is 1. The summed E-state index contributed by atoms with van der Waals surface area (Å²) in [5.41, 5.74) is 0. The summed E-state index contributed by atoms with van der Waals surface area (Å²) in [6, 6.07) is 0. The van der Waals surface area contributed by atoms with Gasteiger partial charge in [-0.3, -0.25) is 0 Å². The minimum Gasteiger partial charge on any atom is -0.478 e. The molecule has 0 unspecified atom stereocenters. The van der Waals surface area contributed by atoms with E-state index in [0.29, 0.717) is 0 Å². The van der Waals surface area contributed by atoms with Gasteiger partial charge in [-0.05, 0) is 19.3 Å². The Kier molecular flexibility index (Phi) is 8.67. The van der Waals surface area contributed by atoms with Crippen LogP contribution in [0.4, 0.5) is 0 Å². The van der Waals surface area contributed by atoms with Crippen LogP contribution in [0.3, 0.4) is 0 Å². The zero-order valence-corrected chi connectivity index (χ0v) is 7.91. The van der Waals surface area contributed by atoms with Crippen LogP contribution >= 0.6 is 0 Å². The maximum absolute atomic E-state index is 10.1. The van der Waals surface area contributed by atoms with Crippen molar-refractivity contribution in [2.75, 3.05) is 6.61 Å². The molecule has 0 aromatic rings. The van der Waals surface area contributed by atoms with Gasteiger partial charge in [0.05, 0.1) is 0 Å². The van der Waals surface area contributed by atoms with Gasteiger partial charge in [0.15, 0.2) is 0 Å². The standard InChI is InChI=1S/C10H18O3/c11-9-7-5-3-1-2-4-6-8-10(12)13/h6,8,11H,1-5,7,9H2,(H,12,13)/b8-6-. The van der Waals surface area contributed by atoms with E-state index in [9.17, 15) is 4.79 Å². The number of unbranched alkanes of at least 4 members (excludes halogenated alkanes) is 5. The summed E-state index contributed by atoms with van der Waals surface area (Å²) in [5.74, 6) is -0.875. The van der Waals surface area contributed by atoms with Crippen molar-refractivity contribution in [3.63, 3.8) is 0 Å². The summed E-state index contributed by atoms with van der Waals surface area (Å²) in [5, 5.41) is 16.8. The van der Waals surface area contributed by atoms with E-state index in [1.165, 1.54) is 6.08 Å². The smallest absolute Gasteiger partial charge is 0.327 e. The van der Waals surface area contributed by atoms with Gasteiger partial charge in [0.2, 0.25) is 0 Å². The lowest BCUT2D eigenvalue weighted by atomic mass is 10.1. The Balaban J connectivity index is 3.03. The molecule has 3 nitrogen and oxygen atoms in total. The van der Waals surface area contributed by atoms with Crippen LogP contribution in [0.5, 0.6) is 0 Å². The van der Waals surface area contributed by atoms with E-state index < -0.39 is 5.97 Å². The Morgan fingerprint density at radius 3 is 2.31 bits per heavy atom. The number of hydrogen-bond acceptors (Lipinski definition) is 2. The van der Waals surface area contributed by atoms with Crippen LogP contribution in [0.15, 0.2) is 12.2 Å². The van der Waals surface area contributed by atoms with Crippen molar-refractivity contribution in [3.05, 3.63) is 12.2 Å². The van der Waals surface area contributed by atoms with Crippen LogP contribution in [0.25, 0.3) is 0 Å². The molecule has 0 aliphatic heterocycles. The van der Waals surface area contributed by atoms with E-state index in [1.807, 2.05) is 0 Å². The highest BCUT2D eigenvalue weighted by atomic mass is 16.4. The maximum Gasteiger partial charge on any atom is 0.327 e. The average Bonchev–Trinajstić information content (AvgIpc) is 2.09. The molecule has 0 fully saturated rings.